The number of likely N-dealkylation sites (tertiary alicyclic amines) is 1. The molecule has 10 nitrogen and oxygen atoms in total. The molecule has 0 saturated carbocycles. The molecule has 1 aromatic carbocycles. The van der Waals surface area contributed by atoms with E-state index in [0.717, 1.165) is 0 Å². The lowest BCUT2D eigenvalue weighted by molar-refractivity contribution is -0.140. The van der Waals surface area contributed by atoms with Gasteiger partial charge in [-0.15, -0.1) is 0 Å². The van der Waals surface area contributed by atoms with Gasteiger partial charge in [0.25, 0.3) is 0 Å². The van der Waals surface area contributed by atoms with E-state index in [-0.39, 0.29) is 42.6 Å². The maximum absolute atomic E-state index is 14.9. The standard InChI is InChI=1S/C23H29FN2O8/c1-23(2,3)34-22(29)25-9-8-15(11-25)33-18-7-6-14(10-17(18)24)26-13-32-12-16(20(27)30-4)19(26)21(28)31-5/h6-7,10,15H,8-9,11-13H2,1-5H3. The van der Waals surface area contributed by atoms with Gasteiger partial charge in [-0.05, 0) is 32.9 Å². The first-order valence-corrected chi connectivity index (χ1v) is 10.7. The summed E-state index contributed by atoms with van der Waals surface area (Å²) in [7, 11) is 2.36. The highest BCUT2D eigenvalue weighted by molar-refractivity contribution is 6.03. The zero-order valence-electron chi connectivity index (χ0n) is 19.9. The summed E-state index contributed by atoms with van der Waals surface area (Å²) in [6.07, 6.45) is -0.316. The van der Waals surface area contributed by atoms with Crippen LogP contribution in [0.2, 0.25) is 0 Å². The molecule has 1 fully saturated rings. The number of benzene rings is 1. The highest BCUT2D eigenvalue weighted by atomic mass is 19.1. The number of anilines is 1. The van der Waals surface area contributed by atoms with Crippen molar-refractivity contribution < 1.29 is 42.5 Å². The molecule has 1 aromatic rings. The van der Waals surface area contributed by atoms with Gasteiger partial charge in [0.05, 0.1) is 32.9 Å². The molecule has 0 aliphatic carbocycles. The van der Waals surface area contributed by atoms with Crippen molar-refractivity contribution in [3.05, 3.63) is 35.3 Å². The number of methoxy groups -OCH3 is 2. The summed E-state index contributed by atoms with van der Waals surface area (Å²) in [5.74, 6) is -2.21. The van der Waals surface area contributed by atoms with E-state index in [2.05, 4.69) is 0 Å². The number of amides is 1. The first kappa shape index (κ1) is 25.3. The number of rotatable bonds is 5. The molecule has 1 atom stereocenters. The zero-order chi connectivity index (χ0) is 25.0. The van der Waals surface area contributed by atoms with Crippen LogP contribution in [0.15, 0.2) is 29.5 Å². The Morgan fingerprint density at radius 1 is 1.12 bits per heavy atom. The molecule has 0 radical (unpaired) electrons. The molecule has 11 heteroatoms. The molecule has 1 saturated heterocycles. The van der Waals surface area contributed by atoms with Gasteiger partial charge in [-0.1, -0.05) is 0 Å². The first-order valence-electron chi connectivity index (χ1n) is 10.7. The Balaban J connectivity index is 1.75. The third-order valence-corrected chi connectivity index (χ3v) is 5.15. The van der Waals surface area contributed by atoms with E-state index in [1.807, 2.05) is 0 Å². The molecule has 0 spiro atoms. The van der Waals surface area contributed by atoms with Crippen molar-refractivity contribution >= 4 is 23.7 Å². The van der Waals surface area contributed by atoms with Crippen LogP contribution < -0.4 is 9.64 Å². The Morgan fingerprint density at radius 3 is 2.44 bits per heavy atom. The van der Waals surface area contributed by atoms with Gasteiger partial charge in [0, 0.05) is 24.7 Å². The summed E-state index contributed by atoms with van der Waals surface area (Å²) >= 11 is 0. The molecule has 186 valence electrons. The molecule has 1 unspecified atom stereocenters. The van der Waals surface area contributed by atoms with E-state index in [9.17, 15) is 18.8 Å². The van der Waals surface area contributed by atoms with Crippen molar-refractivity contribution in [1.29, 1.82) is 0 Å². The molecule has 34 heavy (non-hydrogen) atoms. The fourth-order valence-corrected chi connectivity index (χ4v) is 3.60. The van der Waals surface area contributed by atoms with Crippen molar-refractivity contribution in [2.45, 2.75) is 38.9 Å². The zero-order valence-corrected chi connectivity index (χ0v) is 19.9. The van der Waals surface area contributed by atoms with Crippen molar-refractivity contribution in [2.75, 3.05) is 45.5 Å². The normalized spacial score (nSPS) is 18.6. The van der Waals surface area contributed by atoms with Gasteiger partial charge in [-0.25, -0.2) is 18.8 Å². The van der Waals surface area contributed by atoms with Gasteiger partial charge >= 0.3 is 18.0 Å². The smallest absolute Gasteiger partial charge is 0.410 e. The first-order chi connectivity index (χ1) is 16.0. The van der Waals surface area contributed by atoms with Crippen LogP contribution in [0.25, 0.3) is 0 Å². The highest BCUT2D eigenvalue weighted by Crippen LogP contribution is 2.31. The Labute approximate surface area is 197 Å². The maximum Gasteiger partial charge on any atom is 0.410 e. The fourth-order valence-electron chi connectivity index (χ4n) is 3.60. The fraction of sp³-hybridized carbons (Fsp3) is 0.522. The van der Waals surface area contributed by atoms with Crippen LogP contribution in [0.3, 0.4) is 0 Å². The van der Waals surface area contributed by atoms with Crippen molar-refractivity contribution in [2.24, 2.45) is 0 Å². The number of esters is 2. The van der Waals surface area contributed by atoms with E-state index < -0.39 is 35.6 Å². The van der Waals surface area contributed by atoms with E-state index in [1.54, 1.807) is 20.8 Å². The van der Waals surface area contributed by atoms with E-state index in [0.29, 0.717) is 13.0 Å². The summed E-state index contributed by atoms with van der Waals surface area (Å²) < 4.78 is 41.0. The van der Waals surface area contributed by atoms with Gasteiger partial charge in [0.2, 0.25) is 0 Å². The average Bonchev–Trinajstić information content (AvgIpc) is 3.26. The molecule has 2 aliphatic rings. The van der Waals surface area contributed by atoms with Gasteiger partial charge < -0.3 is 33.5 Å². The minimum Gasteiger partial charge on any atom is -0.485 e. The summed E-state index contributed by atoms with van der Waals surface area (Å²) in [5, 5.41) is 0. The Bertz CT molecular complexity index is 988. The quantitative estimate of drug-likeness (QED) is 0.465. The van der Waals surface area contributed by atoms with Crippen LogP contribution in [-0.2, 0) is 28.5 Å². The molecule has 3 rings (SSSR count). The summed E-state index contributed by atoms with van der Waals surface area (Å²) in [6, 6.07) is 4.12. The van der Waals surface area contributed by atoms with Crippen LogP contribution in [0.4, 0.5) is 14.9 Å². The summed E-state index contributed by atoms with van der Waals surface area (Å²) in [6.45, 7) is 5.82. The minimum absolute atomic E-state index is 0.00509. The van der Waals surface area contributed by atoms with Gasteiger partial charge in [-0.3, -0.25) is 0 Å². The number of halogens is 1. The highest BCUT2D eigenvalue weighted by Gasteiger charge is 2.34. The maximum atomic E-state index is 14.9. The second-order valence-corrected chi connectivity index (χ2v) is 8.79. The average molecular weight is 480 g/mol. The molecule has 2 aliphatic heterocycles. The molecule has 2 heterocycles. The monoisotopic (exact) mass is 480 g/mol. The minimum atomic E-state index is -0.780. The Morgan fingerprint density at radius 2 is 1.82 bits per heavy atom. The Hall–Kier alpha value is -3.34. The molecule has 0 bridgehead atoms. The van der Waals surface area contributed by atoms with Crippen molar-refractivity contribution in [3.63, 3.8) is 0 Å². The van der Waals surface area contributed by atoms with Crippen LogP contribution in [0.1, 0.15) is 27.2 Å². The number of hydrogen-bond acceptors (Lipinski definition) is 9. The van der Waals surface area contributed by atoms with Crippen molar-refractivity contribution in [1.82, 2.24) is 4.90 Å². The molecule has 1 amide bonds. The number of ether oxygens (including phenoxy) is 5. The van der Waals surface area contributed by atoms with Gasteiger partial charge in [0.1, 0.15) is 24.1 Å². The second kappa shape index (κ2) is 10.3. The lowest BCUT2D eigenvalue weighted by atomic mass is 10.1. The molecular weight excluding hydrogens is 451 g/mol. The second-order valence-electron chi connectivity index (χ2n) is 8.79. The van der Waals surface area contributed by atoms with Crippen LogP contribution in [0.5, 0.6) is 5.75 Å². The summed E-state index contributed by atoms with van der Waals surface area (Å²) in [4.78, 5) is 39.6. The number of carbonyl (C=O) groups excluding carboxylic acids is 3. The largest absolute Gasteiger partial charge is 0.485 e. The Kier molecular flexibility index (Phi) is 7.65. The predicted molar refractivity (Wildman–Crippen MR) is 118 cm³/mol. The van der Waals surface area contributed by atoms with Crippen molar-refractivity contribution in [3.8, 4) is 5.75 Å². The SMILES string of the molecule is COC(=O)C1=C(C(=O)OC)N(c2ccc(OC3CCN(C(=O)OC(C)(C)C)C3)c(F)c2)COC1. The number of nitrogens with zero attached hydrogens (tertiary/aromatic N) is 2. The lowest BCUT2D eigenvalue weighted by Crippen LogP contribution is -2.38. The van der Waals surface area contributed by atoms with E-state index in [4.69, 9.17) is 23.7 Å². The van der Waals surface area contributed by atoms with Crippen LogP contribution in [-0.4, -0.2) is 75.3 Å². The molecule has 0 aromatic heterocycles. The van der Waals surface area contributed by atoms with E-state index >= 15 is 0 Å². The van der Waals surface area contributed by atoms with Crippen LogP contribution in [0, 0.1) is 5.82 Å². The van der Waals surface area contributed by atoms with Gasteiger partial charge in [0.15, 0.2) is 11.6 Å². The number of hydrogen-bond donors (Lipinski definition) is 0. The molecular formula is C23H29FN2O8. The van der Waals surface area contributed by atoms with E-state index in [1.165, 1.54) is 42.2 Å². The van der Waals surface area contributed by atoms with Gasteiger partial charge in [-0.2, -0.15) is 0 Å². The molecule has 0 N–H and O–H groups in total. The number of carbonyl (C=O) groups is 3. The predicted octanol–water partition coefficient (Wildman–Crippen LogP) is 2.61. The third-order valence-electron chi connectivity index (χ3n) is 5.15. The lowest BCUT2D eigenvalue weighted by Gasteiger charge is -2.31. The summed E-state index contributed by atoms with van der Waals surface area (Å²) in [5.41, 5.74) is -0.471. The topological polar surface area (TPSA) is 104 Å². The van der Waals surface area contributed by atoms with Crippen LogP contribution >= 0.6 is 0 Å². The third kappa shape index (κ3) is 5.77.